The van der Waals surface area contributed by atoms with Crippen LogP contribution in [0.4, 0.5) is 0 Å². The summed E-state index contributed by atoms with van der Waals surface area (Å²) in [4.78, 5) is 12.2. The zero-order chi connectivity index (χ0) is 14.8. The van der Waals surface area contributed by atoms with E-state index in [4.69, 9.17) is 0 Å². The zero-order valence-electron chi connectivity index (χ0n) is 13.1. The first-order chi connectivity index (χ1) is 9.36. The predicted octanol–water partition coefficient (Wildman–Crippen LogP) is 2.89. The van der Waals surface area contributed by atoms with Crippen molar-refractivity contribution >= 4 is 5.91 Å². The second-order valence-corrected chi connectivity index (χ2v) is 7.15. The van der Waals surface area contributed by atoms with Crippen molar-refractivity contribution in [2.45, 2.75) is 53.0 Å². The molecule has 1 aliphatic rings. The summed E-state index contributed by atoms with van der Waals surface area (Å²) in [5, 5.41) is 7.15. The highest BCUT2D eigenvalue weighted by Crippen LogP contribution is 2.39. The Balaban J connectivity index is 1.77. The van der Waals surface area contributed by atoms with Gasteiger partial charge < -0.3 is 5.32 Å². The summed E-state index contributed by atoms with van der Waals surface area (Å²) in [6.45, 7) is 7.51. The average Bonchev–Trinajstić information content (AvgIpc) is 2.81. The van der Waals surface area contributed by atoms with E-state index in [1.165, 1.54) is 12.8 Å². The number of amides is 1. The Morgan fingerprint density at radius 2 is 2.00 bits per heavy atom. The molecule has 1 aliphatic carbocycles. The van der Waals surface area contributed by atoms with Crippen molar-refractivity contribution in [1.82, 2.24) is 15.1 Å². The second kappa shape index (κ2) is 5.98. The maximum atomic E-state index is 12.2. The number of carbonyl (C=O) groups is 1. The third-order valence-corrected chi connectivity index (χ3v) is 4.55. The number of hydrogen-bond donors (Lipinski definition) is 1. The predicted molar refractivity (Wildman–Crippen MR) is 80.0 cm³/mol. The molecule has 1 fully saturated rings. The normalized spacial score (nSPS) is 23.6. The molecule has 112 valence electrons. The molecule has 2 rings (SSSR count). The van der Waals surface area contributed by atoms with Gasteiger partial charge in [0.1, 0.15) is 0 Å². The largest absolute Gasteiger partial charge is 0.352 e. The Labute approximate surface area is 121 Å². The summed E-state index contributed by atoms with van der Waals surface area (Å²) < 4.78 is 1.76. The molecule has 0 aromatic carbocycles. The summed E-state index contributed by atoms with van der Waals surface area (Å²) in [5.41, 5.74) is 1.43. The van der Waals surface area contributed by atoms with Crippen LogP contribution in [0.1, 0.15) is 52.0 Å². The van der Waals surface area contributed by atoms with Gasteiger partial charge in [-0.25, -0.2) is 0 Å². The molecule has 1 N–H and O–H groups in total. The van der Waals surface area contributed by atoms with Crippen LogP contribution in [0.15, 0.2) is 12.4 Å². The first-order valence-corrected chi connectivity index (χ1v) is 7.61. The van der Waals surface area contributed by atoms with E-state index in [-0.39, 0.29) is 11.8 Å². The number of hydrogen-bond acceptors (Lipinski definition) is 2. The molecular weight excluding hydrogens is 250 g/mol. The maximum Gasteiger partial charge on any atom is 0.223 e. The molecule has 4 nitrogen and oxygen atoms in total. The molecule has 0 unspecified atom stereocenters. The molecule has 1 amide bonds. The maximum absolute atomic E-state index is 12.2. The molecule has 20 heavy (non-hydrogen) atoms. The standard InChI is InChI=1S/C16H27N3O/c1-16(2,3)14-7-5-13(6-8-14)15(20)17-9-12-10-18-19(4)11-12/h10-11,13-14H,5-9H2,1-4H3,(H,17,20). The average molecular weight is 277 g/mol. The van der Waals surface area contributed by atoms with Gasteiger partial charge in [0.25, 0.3) is 0 Å². The number of carbonyl (C=O) groups excluding carboxylic acids is 1. The van der Waals surface area contributed by atoms with Gasteiger partial charge in [-0.2, -0.15) is 5.10 Å². The van der Waals surface area contributed by atoms with Crippen LogP contribution in [0.3, 0.4) is 0 Å². The smallest absolute Gasteiger partial charge is 0.223 e. The van der Waals surface area contributed by atoms with E-state index < -0.39 is 0 Å². The number of nitrogens with one attached hydrogen (secondary N) is 1. The van der Waals surface area contributed by atoms with Gasteiger partial charge in [0.15, 0.2) is 0 Å². The van der Waals surface area contributed by atoms with Crippen LogP contribution >= 0.6 is 0 Å². The van der Waals surface area contributed by atoms with E-state index in [2.05, 4.69) is 31.2 Å². The topological polar surface area (TPSA) is 46.9 Å². The molecule has 0 aliphatic heterocycles. The molecule has 0 saturated heterocycles. The Morgan fingerprint density at radius 1 is 1.35 bits per heavy atom. The lowest BCUT2D eigenvalue weighted by molar-refractivity contribution is -0.126. The third-order valence-electron chi connectivity index (χ3n) is 4.55. The van der Waals surface area contributed by atoms with Crippen LogP contribution in [-0.4, -0.2) is 15.7 Å². The van der Waals surface area contributed by atoms with Gasteiger partial charge in [0.05, 0.1) is 6.20 Å². The van der Waals surface area contributed by atoms with Crippen LogP contribution in [0, 0.1) is 17.3 Å². The van der Waals surface area contributed by atoms with Crippen LogP contribution in [0.5, 0.6) is 0 Å². The fourth-order valence-electron chi connectivity index (χ4n) is 3.12. The Kier molecular flexibility index (Phi) is 4.51. The number of aromatic nitrogens is 2. The molecular formula is C16H27N3O. The Morgan fingerprint density at radius 3 is 2.50 bits per heavy atom. The first-order valence-electron chi connectivity index (χ1n) is 7.61. The first kappa shape index (κ1) is 15.1. The quantitative estimate of drug-likeness (QED) is 0.923. The Bertz CT molecular complexity index is 451. The minimum atomic E-state index is 0.199. The van der Waals surface area contributed by atoms with Gasteiger partial charge >= 0.3 is 0 Å². The van der Waals surface area contributed by atoms with E-state index in [0.29, 0.717) is 12.0 Å². The van der Waals surface area contributed by atoms with Crippen molar-refractivity contribution in [3.8, 4) is 0 Å². The van der Waals surface area contributed by atoms with Gasteiger partial charge in [-0.05, 0) is 37.0 Å². The fourth-order valence-corrected chi connectivity index (χ4v) is 3.12. The van der Waals surface area contributed by atoms with Crippen LogP contribution < -0.4 is 5.32 Å². The van der Waals surface area contributed by atoms with E-state index in [1.807, 2.05) is 13.2 Å². The van der Waals surface area contributed by atoms with E-state index >= 15 is 0 Å². The zero-order valence-corrected chi connectivity index (χ0v) is 13.1. The highest BCUT2D eigenvalue weighted by Gasteiger charge is 2.32. The van der Waals surface area contributed by atoms with Gasteiger partial charge in [0, 0.05) is 31.3 Å². The summed E-state index contributed by atoms with van der Waals surface area (Å²) in [6, 6.07) is 0. The van der Waals surface area contributed by atoms with Gasteiger partial charge in [-0.3, -0.25) is 9.48 Å². The summed E-state index contributed by atoms with van der Waals surface area (Å²) >= 11 is 0. The molecule has 0 bridgehead atoms. The number of rotatable bonds is 3. The highest BCUT2D eigenvalue weighted by atomic mass is 16.1. The molecule has 0 radical (unpaired) electrons. The monoisotopic (exact) mass is 277 g/mol. The van der Waals surface area contributed by atoms with Crippen molar-refractivity contribution in [3.63, 3.8) is 0 Å². The summed E-state index contributed by atoms with van der Waals surface area (Å²) in [6.07, 6.45) is 8.15. The van der Waals surface area contributed by atoms with Crippen molar-refractivity contribution < 1.29 is 4.79 Å². The SMILES string of the molecule is Cn1cc(CNC(=O)C2CCC(C(C)(C)C)CC2)cn1. The molecule has 4 heteroatoms. The van der Waals surface area contributed by atoms with E-state index in [9.17, 15) is 4.79 Å². The minimum absolute atomic E-state index is 0.199. The molecule has 1 aromatic rings. The summed E-state index contributed by atoms with van der Waals surface area (Å²) in [7, 11) is 1.89. The third kappa shape index (κ3) is 3.84. The molecule has 0 atom stereocenters. The van der Waals surface area contributed by atoms with E-state index in [0.717, 1.165) is 24.3 Å². The molecule has 0 spiro atoms. The van der Waals surface area contributed by atoms with Crippen LogP contribution in [0.25, 0.3) is 0 Å². The van der Waals surface area contributed by atoms with Crippen LogP contribution in [0.2, 0.25) is 0 Å². The van der Waals surface area contributed by atoms with Crippen molar-refractivity contribution in [2.75, 3.05) is 0 Å². The van der Waals surface area contributed by atoms with Crippen molar-refractivity contribution in [2.24, 2.45) is 24.3 Å². The molecule has 1 aromatic heterocycles. The minimum Gasteiger partial charge on any atom is -0.352 e. The fraction of sp³-hybridized carbons (Fsp3) is 0.750. The Hall–Kier alpha value is -1.32. The number of aryl methyl sites for hydroxylation is 1. The second-order valence-electron chi connectivity index (χ2n) is 7.15. The van der Waals surface area contributed by atoms with Crippen molar-refractivity contribution in [1.29, 1.82) is 0 Å². The van der Waals surface area contributed by atoms with E-state index in [1.54, 1.807) is 10.9 Å². The molecule has 1 saturated carbocycles. The van der Waals surface area contributed by atoms with Crippen LogP contribution in [-0.2, 0) is 18.4 Å². The van der Waals surface area contributed by atoms with Crippen molar-refractivity contribution in [3.05, 3.63) is 18.0 Å². The lowest BCUT2D eigenvalue weighted by atomic mass is 9.69. The van der Waals surface area contributed by atoms with Gasteiger partial charge in [-0.1, -0.05) is 20.8 Å². The van der Waals surface area contributed by atoms with Gasteiger partial charge in [0.2, 0.25) is 5.91 Å². The number of nitrogens with zero attached hydrogens (tertiary/aromatic N) is 2. The lowest BCUT2D eigenvalue weighted by Gasteiger charge is -2.36. The highest BCUT2D eigenvalue weighted by molar-refractivity contribution is 5.78. The molecule has 1 heterocycles. The lowest BCUT2D eigenvalue weighted by Crippen LogP contribution is -2.35. The summed E-state index contributed by atoms with van der Waals surface area (Å²) in [5.74, 6) is 1.16. The van der Waals surface area contributed by atoms with Gasteiger partial charge in [-0.15, -0.1) is 0 Å².